The Morgan fingerprint density at radius 1 is 0.966 bits per heavy atom. The highest BCUT2D eigenvalue weighted by Gasteiger charge is 2.26. The average Bonchev–Trinajstić information content (AvgIpc) is 2.75. The van der Waals surface area contributed by atoms with Crippen molar-refractivity contribution in [2.24, 2.45) is 0 Å². The molecular formula is C23H33N3O3+2. The van der Waals surface area contributed by atoms with Crippen molar-refractivity contribution in [1.29, 1.82) is 0 Å². The maximum absolute atomic E-state index is 12.5. The van der Waals surface area contributed by atoms with Crippen LogP contribution in [0.1, 0.15) is 18.1 Å². The molecule has 0 bridgehead atoms. The van der Waals surface area contributed by atoms with Gasteiger partial charge in [0.25, 0.3) is 5.91 Å². The summed E-state index contributed by atoms with van der Waals surface area (Å²) in [4.78, 5) is 15.4. The first-order chi connectivity index (χ1) is 14.1. The van der Waals surface area contributed by atoms with Crippen molar-refractivity contribution in [3.63, 3.8) is 0 Å². The number of nitrogens with one attached hydrogen (secondary N) is 3. The molecular weight excluding hydrogens is 366 g/mol. The molecule has 1 aliphatic heterocycles. The Hall–Kier alpha value is -2.57. The van der Waals surface area contributed by atoms with Gasteiger partial charge in [0.2, 0.25) is 0 Å². The average molecular weight is 400 g/mol. The number of carbonyl (C=O) groups excluding carboxylic acids is 1. The van der Waals surface area contributed by atoms with E-state index in [0.717, 1.165) is 56.3 Å². The first-order valence-electron chi connectivity index (χ1n) is 10.4. The number of para-hydroxylation sites is 1. The second-order valence-electron chi connectivity index (χ2n) is 7.59. The smallest absolute Gasteiger partial charge is 0.279 e. The van der Waals surface area contributed by atoms with E-state index in [1.165, 1.54) is 20.9 Å². The van der Waals surface area contributed by atoms with Gasteiger partial charge >= 0.3 is 0 Å². The molecule has 6 nitrogen and oxygen atoms in total. The molecule has 0 radical (unpaired) electrons. The molecule has 0 saturated carbocycles. The van der Waals surface area contributed by atoms with Crippen LogP contribution in [0.15, 0.2) is 42.5 Å². The molecule has 1 amide bonds. The molecule has 29 heavy (non-hydrogen) atoms. The van der Waals surface area contributed by atoms with E-state index in [0.29, 0.717) is 6.54 Å². The maximum Gasteiger partial charge on any atom is 0.279 e. The second-order valence-corrected chi connectivity index (χ2v) is 7.59. The van der Waals surface area contributed by atoms with Crippen molar-refractivity contribution in [2.75, 3.05) is 52.3 Å². The Balaban J connectivity index is 1.50. The van der Waals surface area contributed by atoms with Crippen LogP contribution in [0.3, 0.4) is 0 Å². The SMILES string of the molecule is CCc1ccccc1NC(=O)C[NH+]1CC[NH+](Cc2cc(OC)ccc2OC)CC1. The number of amides is 1. The molecule has 1 heterocycles. The number of hydrogen-bond donors (Lipinski definition) is 3. The van der Waals surface area contributed by atoms with Gasteiger partial charge in [-0.25, -0.2) is 0 Å². The van der Waals surface area contributed by atoms with Gasteiger partial charge < -0.3 is 24.6 Å². The number of anilines is 1. The number of piperazine rings is 1. The molecule has 0 aromatic heterocycles. The third-order valence-electron chi connectivity index (χ3n) is 5.68. The summed E-state index contributed by atoms with van der Waals surface area (Å²) in [6.45, 7) is 7.59. The molecule has 2 aromatic rings. The highest BCUT2D eigenvalue weighted by molar-refractivity contribution is 5.92. The van der Waals surface area contributed by atoms with Gasteiger partial charge in [-0.3, -0.25) is 4.79 Å². The molecule has 0 unspecified atom stereocenters. The molecule has 0 atom stereocenters. The summed E-state index contributed by atoms with van der Waals surface area (Å²) in [6.07, 6.45) is 0.916. The van der Waals surface area contributed by atoms with E-state index >= 15 is 0 Å². The summed E-state index contributed by atoms with van der Waals surface area (Å²) < 4.78 is 10.9. The zero-order chi connectivity index (χ0) is 20.6. The van der Waals surface area contributed by atoms with Crippen LogP contribution in [0.5, 0.6) is 11.5 Å². The van der Waals surface area contributed by atoms with Crippen molar-refractivity contribution < 1.29 is 24.1 Å². The number of ether oxygens (including phenoxy) is 2. The fraction of sp³-hybridized carbons (Fsp3) is 0.435. The Kier molecular flexibility index (Phi) is 7.49. The standard InChI is InChI=1S/C23H31N3O3/c1-4-18-7-5-6-8-21(18)24-23(27)17-26-13-11-25(12-14-26)16-19-15-20(28-2)9-10-22(19)29-3/h5-10,15H,4,11-14,16-17H2,1-3H3,(H,24,27)/p+2. The van der Waals surface area contributed by atoms with Gasteiger partial charge in [0.05, 0.1) is 19.8 Å². The van der Waals surface area contributed by atoms with E-state index in [2.05, 4.69) is 24.4 Å². The highest BCUT2D eigenvalue weighted by atomic mass is 16.5. The van der Waals surface area contributed by atoms with Crippen LogP contribution >= 0.6 is 0 Å². The lowest BCUT2D eigenvalue weighted by molar-refractivity contribution is -1.02. The van der Waals surface area contributed by atoms with Crippen LogP contribution < -0.4 is 24.6 Å². The summed E-state index contributed by atoms with van der Waals surface area (Å²) >= 11 is 0. The van der Waals surface area contributed by atoms with Crippen LogP contribution in [0.4, 0.5) is 5.69 Å². The van der Waals surface area contributed by atoms with Crippen LogP contribution in [0.2, 0.25) is 0 Å². The maximum atomic E-state index is 12.5. The van der Waals surface area contributed by atoms with Crippen LogP contribution in [-0.4, -0.2) is 52.9 Å². The first-order valence-corrected chi connectivity index (χ1v) is 10.4. The summed E-state index contributed by atoms with van der Waals surface area (Å²) in [7, 11) is 3.39. The minimum Gasteiger partial charge on any atom is -0.497 e. The van der Waals surface area contributed by atoms with Crippen molar-refractivity contribution in [3.8, 4) is 11.5 Å². The topological polar surface area (TPSA) is 56.4 Å². The minimum absolute atomic E-state index is 0.0961. The van der Waals surface area contributed by atoms with Gasteiger partial charge in [-0.15, -0.1) is 0 Å². The lowest BCUT2D eigenvalue weighted by Crippen LogP contribution is -3.28. The number of carbonyl (C=O) groups is 1. The lowest BCUT2D eigenvalue weighted by Gasteiger charge is -2.29. The van der Waals surface area contributed by atoms with Gasteiger partial charge in [0.1, 0.15) is 44.2 Å². The normalized spacial score (nSPS) is 18.9. The molecule has 1 fully saturated rings. The summed E-state index contributed by atoms with van der Waals surface area (Å²) in [5.41, 5.74) is 3.28. The molecule has 2 aromatic carbocycles. The first kappa shape index (κ1) is 21.1. The van der Waals surface area contributed by atoms with Crippen LogP contribution in [0, 0.1) is 0 Å². The largest absolute Gasteiger partial charge is 0.497 e. The van der Waals surface area contributed by atoms with Crippen LogP contribution in [-0.2, 0) is 17.8 Å². The third kappa shape index (κ3) is 5.71. The summed E-state index contributed by atoms with van der Waals surface area (Å²) in [6, 6.07) is 14.0. The number of rotatable bonds is 8. The van der Waals surface area contributed by atoms with Gasteiger partial charge in [-0.05, 0) is 36.2 Å². The molecule has 3 N–H and O–H groups in total. The van der Waals surface area contributed by atoms with E-state index in [9.17, 15) is 4.79 Å². The molecule has 156 valence electrons. The Morgan fingerprint density at radius 3 is 2.38 bits per heavy atom. The molecule has 1 aliphatic rings. The van der Waals surface area contributed by atoms with E-state index in [1.807, 2.05) is 30.3 Å². The number of benzene rings is 2. The number of methoxy groups -OCH3 is 2. The molecule has 0 spiro atoms. The van der Waals surface area contributed by atoms with Crippen molar-refractivity contribution in [1.82, 2.24) is 0 Å². The number of quaternary nitrogens is 2. The lowest BCUT2D eigenvalue weighted by atomic mass is 10.1. The number of hydrogen-bond acceptors (Lipinski definition) is 3. The van der Waals surface area contributed by atoms with Gasteiger partial charge in [-0.2, -0.15) is 0 Å². The Bertz CT molecular complexity index is 817. The zero-order valence-corrected chi connectivity index (χ0v) is 17.7. The molecule has 3 rings (SSSR count). The summed E-state index contributed by atoms with van der Waals surface area (Å²) in [5.74, 6) is 1.86. The van der Waals surface area contributed by atoms with Gasteiger partial charge in [0.15, 0.2) is 6.54 Å². The second kappa shape index (κ2) is 10.3. The predicted molar refractivity (Wildman–Crippen MR) is 114 cm³/mol. The molecule has 1 saturated heterocycles. The third-order valence-corrected chi connectivity index (χ3v) is 5.68. The minimum atomic E-state index is 0.0961. The van der Waals surface area contributed by atoms with E-state index in [4.69, 9.17) is 9.47 Å². The van der Waals surface area contributed by atoms with E-state index < -0.39 is 0 Å². The zero-order valence-electron chi connectivity index (χ0n) is 17.7. The van der Waals surface area contributed by atoms with E-state index in [1.54, 1.807) is 14.2 Å². The molecule has 6 heteroatoms. The predicted octanol–water partition coefficient (Wildman–Crippen LogP) is 0.188. The Morgan fingerprint density at radius 2 is 1.69 bits per heavy atom. The Labute approximate surface area is 173 Å². The molecule has 0 aliphatic carbocycles. The van der Waals surface area contributed by atoms with Gasteiger partial charge in [-0.1, -0.05) is 25.1 Å². The number of aryl methyl sites for hydroxylation is 1. The van der Waals surface area contributed by atoms with E-state index in [-0.39, 0.29) is 5.91 Å². The fourth-order valence-corrected chi connectivity index (χ4v) is 3.97. The highest BCUT2D eigenvalue weighted by Crippen LogP contribution is 2.23. The van der Waals surface area contributed by atoms with Crippen molar-refractivity contribution >= 4 is 11.6 Å². The van der Waals surface area contributed by atoms with Crippen LogP contribution in [0.25, 0.3) is 0 Å². The summed E-state index contributed by atoms with van der Waals surface area (Å²) in [5, 5.41) is 3.09. The monoisotopic (exact) mass is 399 g/mol. The van der Waals surface area contributed by atoms with Crippen molar-refractivity contribution in [3.05, 3.63) is 53.6 Å². The fourth-order valence-electron chi connectivity index (χ4n) is 3.97. The quantitative estimate of drug-likeness (QED) is 0.594. The van der Waals surface area contributed by atoms with Gasteiger partial charge in [0, 0.05) is 5.69 Å². The van der Waals surface area contributed by atoms with Crippen molar-refractivity contribution in [2.45, 2.75) is 19.9 Å².